The quantitative estimate of drug-likeness (QED) is 0.711. The van der Waals surface area contributed by atoms with Crippen molar-refractivity contribution < 1.29 is 4.42 Å². The van der Waals surface area contributed by atoms with E-state index >= 15 is 0 Å². The van der Waals surface area contributed by atoms with Crippen LogP contribution in [0.1, 0.15) is 11.6 Å². The summed E-state index contributed by atoms with van der Waals surface area (Å²) in [6, 6.07) is 5.92. The van der Waals surface area contributed by atoms with E-state index in [0.717, 1.165) is 28.1 Å². The summed E-state index contributed by atoms with van der Waals surface area (Å²) in [5, 5.41) is 0. The number of anilines is 1. The van der Waals surface area contributed by atoms with Gasteiger partial charge in [-0.15, -0.1) is 0 Å². The Bertz CT molecular complexity index is 739. The Morgan fingerprint density at radius 3 is 2.67 bits per heavy atom. The van der Waals surface area contributed by atoms with E-state index in [1.165, 1.54) is 0 Å². The number of aromatic nitrogens is 3. The topological polar surface area (TPSA) is 69.9 Å². The van der Waals surface area contributed by atoms with Crippen LogP contribution >= 0.6 is 0 Å². The Balaban J connectivity index is 2.24. The standard InChI is InChI=1S/C13H14N4O/c1-7-12(17(3)13(14)15-7)9-4-5-11-10(6-9)16-8(2)18-11/h4-6H,1-3H3,(H2,14,15). The van der Waals surface area contributed by atoms with Crippen molar-refractivity contribution in [1.82, 2.24) is 14.5 Å². The lowest BCUT2D eigenvalue weighted by Crippen LogP contribution is -1.98. The van der Waals surface area contributed by atoms with Gasteiger partial charge in [0.25, 0.3) is 0 Å². The van der Waals surface area contributed by atoms with Gasteiger partial charge in [0, 0.05) is 19.5 Å². The third kappa shape index (κ3) is 1.48. The van der Waals surface area contributed by atoms with Gasteiger partial charge in [0.2, 0.25) is 5.95 Å². The third-order valence-corrected chi connectivity index (χ3v) is 3.07. The van der Waals surface area contributed by atoms with Crippen LogP contribution in [0.2, 0.25) is 0 Å². The molecule has 0 fully saturated rings. The second-order valence-corrected chi connectivity index (χ2v) is 4.38. The fourth-order valence-electron chi connectivity index (χ4n) is 2.25. The van der Waals surface area contributed by atoms with Crippen LogP contribution in [-0.2, 0) is 7.05 Å². The molecule has 2 N–H and O–H groups in total. The molecule has 5 heteroatoms. The molecule has 3 rings (SSSR count). The average molecular weight is 242 g/mol. The molecule has 2 heterocycles. The molecule has 0 saturated heterocycles. The van der Waals surface area contributed by atoms with Gasteiger partial charge in [-0.05, 0) is 25.1 Å². The Morgan fingerprint density at radius 2 is 2.00 bits per heavy atom. The minimum atomic E-state index is 0.513. The molecule has 3 aromatic rings. The Hall–Kier alpha value is -2.30. The third-order valence-electron chi connectivity index (χ3n) is 3.07. The average Bonchev–Trinajstić information content (AvgIpc) is 2.78. The molecule has 0 aliphatic carbocycles. The molecule has 0 radical (unpaired) electrons. The maximum absolute atomic E-state index is 5.81. The van der Waals surface area contributed by atoms with Gasteiger partial charge in [-0.3, -0.25) is 0 Å². The number of hydrogen-bond donors (Lipinski definition) is 1. The van der Waals surface area contributed by atoms with Crippen molar-refractivity contribution >= 4 is 17.0 Å². The molecule has 0 aliphatic heterocycles. The summed E-state index contributed by atoms with van der Waals surface area (Å²) < 4.78 is 7.34. The first-order valence-electron chi connectivity index (χ1n) is 5.72. The first kappa shape index (κ1) is 10.8. The molecule has 5 nitrogen and oxygen atoms in total. The number of benzene rings is 1. The number of nitrogen functional groups attached to an aromatic ring is 1. The first-order valence-corrected chi connectivity index (χ1v) is 5.72. The van der Waals surface area contributed by atoms with Crippen LogP contribution in [0.3, 0.4) is 0 Å². The van der Waals surface area contributed by atoms with Crippen molar-refractivity contribution in [3.8, 4) is 11.3 Å². The zero-order chi connectivity index (χ0) is 12.9. The van der Waals surface area contributed by atoms with Crippen molar-refractivity contribution in [2.24, 2.45) is 7.05 Å². The number of fused-ring (bicyclic) bond motifs is 1. The molecule has 0 bridgehead atoms. The van der Waals surface area contributed by atoms with Crippen molar-refractivity contribution in [3.05, 3.63) is 29.8 Å². The summed E-state index contributed by atoms with van der Waals surface area (Å²) in [6.07, 6.45) is 0. The first-order chi connectivity index (χ1) is 8.56. The summed E-state index contributed by atoms with van der Waals surface area (Å²) in [7, 11) is 1.91. The van der Waals surface area contributed by atoms with Crippen LogP contribution in [0.25, 0.3) is 22.4 Å². The second kappa shape index (κ2) is 3.60. The van der Waals surface area contributed by atoms with E-state index in [2.05, 4.69) is 9.97 Å². The van der Waals surface area contributed by atoms with E-state index in [-0.39, 0.29) is 0 Å². The highest BCUT2D eigenvalue weighted by molar-refractivity contribution is 5.80. The number of oxazole rings is 1. The molecule has 2 aromatic heterocycles. The summed E-state index contributed by atoms with van der Waals surface area (Å²) in [5.41, 5.74) is 10.4. The number of nitrogens with zero attached hydrogens (tertiary/aromatic N) is 3. The molecule has 0 unspecified atom stereocenters. The predicted molar refractivity (Wildman–Crippen MR) is 70.1 cm³/mol. The Morgan fingerprint density at radius 1 is 1.22 bits per heavy atom. The maximum atomic E-state index is 5.81. The number of hydrogen-bond acceptors (Lipinski definition) is 4. The summed E-state index contributed by atoms with van der Waals surface area (Å²) in [4.78, 5) is 8.61. The minimum absolute atomic E-state index is 0.513. The lowest BCUT2D eigenvalue weighted by Gasteiger charge is -2.04. The number of aryl methyl sites for hydroxylation is 2. The molecule has 18 heavy (non-hydrogen) atoms. The van der Waals surface area contributed by atoms with E-state index in [0.29, 0.717) is 11.8 Å². The summed E-state index contributed by atoms with van der Waals surface area (Å²) >= 11 is 0. The number of rotatable bonds is 1. The molecule has 0 amide bonds. The molecule has 0 spiro atoms. The zero-order valence-electron chi connectivity index (χ0n) is 10.6. The van der Waals surface area contributed by atoms with Gasteiger partial charge in [0.05, 0.1) is 11.4 Å². The fourth-order valence-corrected chi connectivity index (χ4v) is 2.25. The maximum Gasteiger partial charge on any atom is 0.200 e. The van der Waals surface area contributed by atoms with Crippen molar-refractivity contribution in [3.63, 3.8) is 0 Å². The largest absolute Gasteiger partial charge is 0.441 e. The minimum Gasteiger partial charge on any atom is -0.441 e. The van der Waals surface area contributed by atoms with E-state index in [1.54, 1.807) is 0 Å². The van der Waals surface area contributed by atoms with Crippen molar-refractivity contribution in [2.75, 3.05) is 5.73 Å². The number of imidazole rings is 1. The van der Waals surface area contributed by atoms with Gasteiger partial charge in [0.15, 0.2) is 11.5 Å². The molecule has 0 aliphatic rings. The van der Waals surface area contributed by atoms with E-state index < -0.39 is 0 Å². The molecule has 0 atom stereocenters. The zero-order valence-corrected chi connectivity index (χ0v) is 10.6. The van der Waals surface area contributed by atoms with Gasteiger partial charge in [-0.2, -0.15) is 0 Å². The van der Waals surface area contributed by atoms with Gasteiger partial charge in [0.1, 0.15) is 5.52 Å². The highest BCUT2D eigenvalue weighted by Crippen LogP contribution is 2.28. The van der Waals surface area contributed by atoms with Crippen LogP contribution in [0, 0.1) is 13.8 Å². The second-order valence-electron chi connectivity index (χ2n) is 4.38. The smallest absolute Gasteiger partial charge is 0.200 e. The SMILES string of the molecule is Cc1nc2cc(-c3c(C)nc(N)n3C)ccc2o1. The highest BCUT2D eigenvalue weighted by atomic mass is 16.3. The van der Waals surface area contributed by atoms with Gasteiger partial charge >= 0.3 is 0 Å². The fraction of sp³-hybridized carbons (Fsp3) is 0.231. The van der Waals surface area contributed by atoms with Gasteiger partial charge < -0.3 is 14.7 Å². The lowest BCUT2D eigenvalue weighted by molar-refractivity contribution is 0.561. The molecular formula is C13H14N4O. The van der Waals surface area contributed by atoms with Gasteiger partial charge in [-0.25, -0.2) is 9.97 Å². The van der Waals surface area contributed by atoms with E-state index in [1.807, 2.05) is 43.7 Å². The monoisotopic (exact) mass is 242 g/mol. The summed E-state index contributed by atoms with van der Waals surface area (Å²) in [6.45, 7) is 3.79. The van der Waals surface area contributed by atoms with Crippen LogP contribution in [0.15, 0.2) is 22.6 Å². The molecule has 92 valence electrons. The summed E-state index contributed by atoms with van der Waals surface area (Å²) in [5.74, 6) is 1.18. The molecular weight excluding hydrogens is 228 g/mol. The van der Waals surface area contributed by atoms with Crippen molar-refractivity contribution in [2.45, 2.75) is 13.8 Å². The lowest BCUT2D eigenvalue weighted by atomic mass is 10.1. The van der Waals surface area contributed by atoms with Gasteiger partial charge in [-0.1, -0.05) is 0 Å². The molecule has 0 saturated carbocycles. The van der Waals surface area contributed by atoms with E-state index in [4.69, 9.17) is 10.2 Å². The highest BCUT2D eigenvalue weighted by Gasteiger charge is 2.13. The van der Waals surface area contributed by atoms with Crippen molar-refractivity contribution in [1.29, 1.82) is 0 Å². The normalized spacial score (nSPS) is 11.3. The molecule has 1 aromatic carbocycles. The van der Waals surface area contributed by atoms with Crippen LogP contribution in [0.4, 0.5) is 5.95 Å². The Kier molecular flexibility index (Phi) is 2.16. The Labute approximate surface area is 104 Å². The number of nitrogens with two attached hydrogens (primary N) is 1. The van der Waals surface area contributed by atoms with Crippen LogP contribution in [0.5, 0.6) is 0 Å². The van der Waals surface area contributed by atoms with Crippen LogP contribution < -0.4 is 5.73 Å². The van der Waals surface area contributed by atoms with E-state index in [9.17, 15) is 0 Å². The van der Waals surface area contributed by atoms with Crippen LogP contribution in [-0.4, -0.2) is 14.5 Å². The predicted octanol–water partition coefficient (Wildman–Crippen LogP) is 2.43.